The van der Waals surface area contributed by atoms with Crippen LogP contribution >= 0.6 is 12.2 Å². The van der Waals surface area contributed by atoms with Crippen molar-refractivity contribution in [3.63, 3.8) is 0 Å². The molecule has 104 valence electrons. The summed E-state index contributed by atoms with van der Waals surface area (Å²) in [6.45, 7) is 4.50. The maximum atomic E-state index is 13.7. The first kappa shape index (κ1) is 14.0. The third-order valence-electron chi connectivity index (χ3n) is 3.14. The summed E-state index contributed by atoms with van der Waals surface area (Å²) in [5.74, 6) is -0.213. The summed E-state index contributed by atoms with van der Waals surface area (Å²) in [5, 5.41) is 0. The number of imidazole rings is 1. The average molecular weight is 284 g/mol. The number of hydrogen-bond donors (Lipinski definition) is 1. The van der Waals surface area contributed by atoms with E-state index in [1.54, 1.807) is 13.2 Å². The van der Waals surface area contributed by atoms with Crippen molar-refractivity contribution >= 4 is 23.3 Å². The molecular weight excluding hydrogens is 267 g/mol. The largest absolute Gasteiger partial charge is 0.494 e. The number of H-pyrrole nitrogens is 1. The number of benzene rings is 1. The highest BCUT2D eigenvalue weighted by molar-refractivity contribution is 7.71. The zero-order valence-corrected chi connectivity index (χ0v) is 12.2. The third kappa shape index (κ3) is 2.64. The zero-order valence-electron chi connectivity index (χ0n) is 11.4. The van der Waals surface area contributed by atoms with Crippen LogP contribution in [0.15, 0.2) is 12.1 Å². The number of fused-ring (bicyclic) bond motifs is 1. The predicted octanol–water partition coefficient (Wildman–Crippen LogP) is 3.27. The number of nitrogens with zero attached hydrogens (tertiary/aromatic N) is 1. The molecule has 0 aliphatic rings. The maximum Gasteiger partial charge on any atom is 0.178 e. The number of rotatable bonds is 4. The third-order valence-corrected chi connectivity index (χ3v) is 3.46. The van der Waals surface area contributed by atoms with Crippen LogP contribution in [-0.4, -0.2) is 29.4 Å². The second kappa shape index (κ2) is 4.94. The molecule has 0 bridgehead atoms. The average Bonchev–Trinajstić information content (AvgIpc) is 2.64. The molecule has 0 saturated heterocycles. The van der Waals surface area contributed by atoms with Gasteiger partial charge in [-0.15, -0.1) is 0 Å². The Hall–Kier alpha value is -1.40. The van der Waals surface area contributed by atoms with Gasteiger partial charge in [-0.25, -0.2) is 4.39 Å². The minimum Gasteiger partial charge on any atom is -0.494 e. The summed E-state index contributed by atoms with van der Waals surface area (Å²) in [5.41, 5.74) is 1.08. The van der Waals surface area contributed by atoms with E-state index in [1.807, 2.05) is 18.4 Å². The summed E-state index contributed by atoms with van der Waals surface area (Å²) < 4.78 is 26.5. The molecule has 1 heterocycles. The lowest BCUT2D eigenvalue weighted by atomic mass is 10.1. The van der Waals surface area contributed by atoms with E-state index >= 15 is 0 Å². The molecule has 6 heteroatoms. The molecule has 0 spiro atoms. The van der Waals surface area contributed by atoms with Gasteiger partial charge in [0.2, 0.25) is 0 Å². The smallest absolute Gasteiger partial charge is 0.178 e. The Morgan fingerprint density at radius 3 is 2.63 bits per heavy atom. The van der Waals surface area contributed by atoms with Crippen LogP contribution in [-0.2, 0) is 11.3 Å². The van der Waals surface area contributed by atoms with Gasteiger partial charge >= 0.3 is 0 Å². The second-order valence-corrected chi connectivity index (χ2v) is 5.37. The Kier molecular flexibility index (Phi) is 3.64. The van der Waals surface area contributed by atoms with Gasteiger partial charge in [0, 0.05) is 19.2 Å². The standard InChI is InChI=1S/C13H17FN2O2S/c1-13(2,18-4)7-16-10-6-11(17-3)8(14)5-9(10)15-12(16)19/h5-6H,7H2,1-4H3,(H,15,19). The number of aromatic amines is 1. The van der Waals surface area contributed by atoms with E-state index in [0.29, 0.717) is 16.8 Å². The molecule has 0 aliphatic heterocycles. The predicted molar refractivity (Wildman–Crippen MR) is 74.7 cm³/mol. The minimum absolute atomic E-state index is 0.200. The molecule has 19 heavy (non-hydrogen) atoms. The molecule has 0 radical (unpaired) electrons. The molecule has 0 amide bonds. The van der Waals surface area contributed by atoms with Crippen LogP contribution in [0.1, 0.15) is 13.8 Å². The Bertz CT molecular complexity index is 660. The lowest BCUT2D eigenvalue weighted by Gasteiger charge is -2.23. The van der Waals surface area contributed by atoms with E-state index in [2.05, 4.69) is 4.98 Å². The highest BCUT2D eigenvalue weighted by atomic mass is 32.1. The number of halogens is 1. The fourth-order valence-corrected chi connectivity index (χ4v) is 2.19. The normalized spacial score (nSPS) is 12.1. The van der Waals surface area contributed by atoms with E-state index in [0.717, 1.165) is 5.52 Å². The van der Waals surface area contributed by atoms with Crippen molar-refractivity contribution in [1.82, 2.24) is 9.55 Å². The van der Waals surface area contributed by atoms with E-state index in [1.165, 1.54) is 13.2 Å². The Labute approximate surface area is 116 Å². The second-order valence-electron chi connectivity index (χ2n) is 4.98. The lowest BCUT2D eigenvalue weighted by molar-refractivity contribution is 0.00873. The number of nitrogens with one attached hydrogen (secondary N) is 1. The van der Waals surface area contributed by atoms with Crippen molar-refractivity contribution in [2.24, 2.45) is 0 Å². The van der Waals surface area contributed by atoms with Crippen LogP contribution in [0.4, 0.5) is 4.39 Å². The number of ether oxygens (including phenoxy) is 2. The van der Waals surface area contributed by atoms with E-state index in [4.69, 9.17) is 21.7 Å². The fraction of sp³-hybridized carbons (Fsp3) is 0.462. The summed E-state index contributed by atoms with van der Waals surface area (Å²) >= 11 is 5.28. The molecule has 0 unspecified atom stereocenters. The number of hydrogen-bond acceptors (Lipinski definition) is 3. The molecule has 0 saturated carbocycles. The molecule has 2 aromatic rings. The van der Waals surface area contributed by atoms with Gasteiger partial charge in [0.15, 0.2) is 16.3 Å². The molecule has 2 rings (SSSR count). The van der Waals surface area contributed by atoms with Gasteiger partial charge < -0.3 is 19.0 Å². The molecule has 1 aromatic carbocycles. The highest BCUT2D eigenvalue weighted by Gasteiger charge is 2.20. The summed E-state index contributed by atoms with van der Waals surface area (Å²) in [6.07, 6.45) is 0. The Morgan fingerprint density at radius 2 is 2.05 bits per heavy atom. The van der Waals surface area contributed by atoms with Crippen molar-refractivity contribution < 1.29 is 13.9 Å². The van der Waals surface area contributed by atoms with Crippen LogP contribution in [0.2, 0.25) is 0 Å². The van der Waals surface area contributed by atoms with Crippen LogP contribution < -0.4 is 4.74 Å². The van der Waals surface area contributed by atoms with Gasteiger partial charge in [0.1, 0.15) is 0 Å². The van der Waals surface area contributed by atoms with Gasteiger partial charge in [0.25, 0.3) is 0 Å². The van der Waals surface area contributed by atoms with Crippen LogP contribution in [0.25, 0.3) is 11.0 Å². The Morgan fingerprint density at radius 1 is 1.37 bits per heavy atom. The number of aromatic nitrogens is 2. The first-order valence-corrected chi connectivity index (χ1v) is 6.30. The quantitative estimate of drug-likeness (QED) is 0.876. The summed E-state index contributed by atoms with van der Waals surface area (Å²) in [4.78, 5) is 2.99. The van der Waals surface area contributed by atoms with Gasteiger partial charge in [-0.3, -0.25) is 0 Å². The lowest BCUT2D eigenvalue weighted by Crippen LogP contribution is -2.29. The van der Waals surface area contributed by atoms with Gasteiger partial charge in [0.05, 0.1) is 30.3 Å². The zero-order chi connectivity index (χ0) is 14.2. The molecule has 1 aromatic heterocycles. The van der Waals surface area contributed by atoms with Crippen LogP contribution in [0.3, 0.4) is 0 Å². The first-order valence-electron chi connectivity index (χ1n) is 5.89. The fourth-order valence-electron chi connectivity index (χ4n) is 1.92. The van der Waals surface area contributed by atoms with Gasteiger partial charge in [-0.05, 0) is 26.1 Å². The molecule has 1 N–H and O–H groups in total. The summed E-state index contributed by atoms with van der Waals surface area (Å²) in [7, 11) is 3.09. The SMILES string of the molecule is COc1cc2c(cc1F)[nH]c(=S)n2CC(C)(C)OC. The molecular formula is C13H17FN2O2S. The molecule has 0 aliphatic carbocycles. The number of methoxy groups -OCH3 is 2. The molecule has 4 nitrogen and oxygen atoms in total. The molecule has 0 atom stereocenters. The first-order chi connectivity index (χ1) is 8.88. The van der Waals surface area contributed by atoms with Crippen molar-refractivity contribution in [2.45, 2.75) is 26.0 Å². The van der Waals surface area contributed by atoms with Crippen LogP contribution in [0, 0.1) is 10.6 Å². The highest BCUT2D eigenvalue weighted by Crippen LogP contribution is 2.26. The summed E-state index contributed by atoms with van der Waals surface area (Å²) in [6, 6.07) is 3.03. The van der Waals surface area contributed by atoms with Crippen molar-refractivity contribution in [1.29, 1.82) is 0 Å². The van der Waals surface area contributed by atoms with Crippen molar-refractivity contribution in [3.8, 4) is 5.75 Å². The van der Waals surface area contributed by atoms with Gasteiger partial charge in [-0.1, -0.05) is 0 Å². The van der Waals surface area contributed by atoms with Gasteiger partial charge in [-0.2, -0.15) is 0 Å². The van der Waals surface area contributed by atoms with E-state index in [9.17, 15) is 4.39 Å². The van der Waals surface area contributed by atoms with Crippen molar-refractivity contribution in [2.75, 3.05) is 14.2 Å². The van der Waals surface area contributed by atoms with Crippen LogP contribution in [0.5, 0.6) is 5.75 Å². The molecule has 0 fully saturated rings. The monoisotopic (exact) mass is 284 g/mol. The topological polar surface area (TPSA) is 39.2 Å². The Balaban J connectivity index is 2.61. The van der Waals surface area contributed by atoms with E-state index in [-0.39, 0.29) is 11.4 Å². The van der Waals surface area contributed by atoms with E-state index < -0.39 is 5.82 Å². The van der Waals surface area contributed by atoms with Crippen molar-refractivity contribution in [3.05, 3.63) is 22.7 Å². The minimum atomic E-state index is -0.413. The maximum absolute atomic E-state index is 13.7.